The van der Waals surface area contributed by atoms with Crippen molar-refractivity contribution in [1.82, 2.24) is 4.90 Å². The summed E-state index contributed by atoms with van der Waals surface area (Å²) < 4.78 is 0. The zero-order valence-electron chi connectivity index (χ0n) is 7.09. The third kappa shape index (κ3) is 4.34. The number of hydrogen-bond donors (Lipinski definition) is 0. The molecule has 0 radical (unpaired) electrons. The average molecular weight is 140 g/mol. The Morgan fingerprint density at radius 2 is 2.10 bits per heavy atom. The average Bonchev–Trinajstić information content (AvgIpc) is 1.86. The van der Waals surface area contributed by atoms with Gasteiger partial charge in [-0.05, 0) is 12.5 Å². The maximum absolute atomic E-state index is 8.39. The summed E-state index contributed by atoms with van der Waals surface area (Å²) in [7, 11) is 0. The fourth-order valence-electron chi connectivity index (χ4n) is 0.922. The lowest BCUT2D eigenvalue weighted by Gasteiger charge is -2.18. The van der Waals surface area contributed by atoms with Gasteiger partial charge in [-0.3, -0.25) is 4.90 Å². The maximum atomic E-state index is 8.39. The Hall–Kier alpha value is -0.550. The van der Waals surface area contributed by atoms with Gasteiger partial charge in [0, 0.05) is 6.54 Å². The van der Waals surface area contributed by atoms with E-state index in [-0.39, 0.29) is 0 Å². The number of nitriles is 1. The number of hydrogen-bond acceptors (Lipinski definition) is 2. The largest absolute Gasteiger partial charge is 0.291 e. The topological polar surface area (TPSA) is 27.0 Å². The van der Waals surface area contributed by atoms with Crippen LogP contribution in [0.25, 0.3) is 0 Å². The van der Waals surface area contributed by atoms with E-state index in [9.17, 15) is 0 Å². The van der Waals surface area contributed by atoms with Crippen LogP contribution in [-0.2, 0) is 0 Å². The lowest BCUT2D eigenvalue weighted by molar-refractivity contribution is 0.285. The van der Waals surface area contributed by atoms with Crippen molar-refractivity contribution in [1.29, 1.82) is 5.26 Å². The van der Waals surface area contributed by atoms with E-state index < -0.39 is 0 Å². The molecule has 0 atom stereocenters. The molecule has 2 nitrogen and oxygen atoms in total. The van der Waals surface area contributed by atoms with E-state index in [2.05, 4.69) is 31.7 Å². The second-order valence-corrected chi connectivity index (χ2v) is 2.88. The predicted molar refractivity (Wildman–Crippen MR) is 42.6 cm³/mol. The number of rotatable bonds is 4. The smallest absolute Gasteiger partial charge is 0.0865 e. The highest BCUT2D eigenvalue weighted by atomic mass is 15.1. The lowest BCUT2D eigenvalue weighted by Crippen LogP contribution is -2.27. The molecule has 0 bridgehead atoms. The summed E-state index contributed by atoms with van der Waals surface area (Å²) in [4.78, 5) is 2.14. The van der Waals surface area contributed by atoms with E-state index in [4.69, 9.17) is 5.26 Å². The first kappa shape index (κ1) is 9.45. The molecule has 0 N–H and O–H groups in total. The highest BCUT2D eigenvalue weighted by Crippen LogP contribution is 1.96. The van der Waals surface area contributed by atoms with Crippen LogP contribution in [0.3, 0.4) is 0 Å². The van der Waals surface area contributed by atoms with Crippen molar-refractivity contribution < 1.29 is 0 Å². The molecule has 0 aliphatic carbocycles. The second-order valence-electron chi connectivity index (χ2n) is 2.88. The number of nitrogens with zero attached hydrogens (tertiary/aromatic N) is 2. The minimum atomic E-state index is 0.564. The van der Waals surface area contributed by atoms with Crippen LogP contribution in [0.1, 0.15) is 20.8 Å². The van der Waals surface area contributed by atoms with Gasteiger partial charge >= 0.3 is 0 Å². The van der Waals surface area contributed by atoms with E-state index >= 15 is 0 Å². The van der Waals surface area contributed by atoms with Gasteiger partial charge in [-0.25, -0.2) is 0 Å². The van der Waals surface area contributed by atoms with Crippen LogP contribution in [-0.4, -0.2) is 24.5 Å². The molecule has 0 aliphatic rings. The molecule has 0 unspecified atom stereocenters. The summed E-state index contributed by atoms with van der Waals surface area (Å²) in [6.45, 7) is 8.99. The molecule has 0 aromatic carbocycles. The van der Waals surface area contributed by atoms with Crippen molar-refractivity contribution in [3.8, 4) is 6.07 Å². The first-order chi connectivity index (χ1) is 4.70. The molecule has 0 spiro atoms. The second kappa shape index (κ2) is 5.25. The van der Waals surface area contributed by atoms with Crippen molar-refractivity contribution in [2.24, 2.45) is 5.92 Å². The summed E-state index contributed by atoms with van der Waals surface area (Å²) in [6.07, 6.45) is 0. The van der Waals surface area contributed by atoms with Crippen LogP contribution in [0, 0.1) is 17.2 Å². The van der Waals surface area contributed by atoms with E-state index in [0.717, 1.165) is 13.1 Å². The molecule has 0 aromatic rings. The quantitative estimate of drug-likeness (QED) is 0.553. The standard InChI is InChI=1S/C8H16N2/c1-4-10(6-5-9)7-8(2)3/h8H,4,6-7H2,1-3H3. The molecule has 0 saturated heterocycles. The van der Waals surface area contributed by atoms with Crippen molar-refractivity contribution >= 4 is 0 Å². The highest BCUT2D eigenvalue weighted by Gasteiger charge is 2.02. The molecule has 58 valence electrons. The molecular formula is C8H16N2. The van der Waals surface area contributed by atoms with Crippen LogP contribution in [0.2, 0.25) is 0 Å². The van der Waals surface area contributed by atoms with E-state index in [0.29, 0.717) is 12.5 Å². The zero-order valence-corrected chi connectivity index (χ0v) is 7.09. The van der Waals surface area contributed by atoms with Crippen LogP contribution < -0.4 is 0 Å². The van der Waals surface area contributed by atoms with Crippen LogP contribution >= 0.6 is 0 Å². The van der Waals surface area contributed by atoms with Gasteiger partial charge in [-0.2, -0.15) is 5.26 Å². The van der Waals surface area contributed by atoms with Crippen LogP contribution in [0.4, 0.5) is 0 Å². The molecule has 0 amide bonds. The predicted octanol–water partition coefficient (Wildman–Crippen LogP) is 1.49. The molecule has 2 heteroatoms. The van der Waals surface area contributed by atoms with Gasteiger partial charge in [0.25, 0.3) is 0 Å². The fourth-order valence-corrected chi connectivity index (χ4v) is 0.922. The van der Waals surface area contributed by atoms with Crippen molar-refractivity contribution in [2.45, 2.75) is 20.8 Å². The summed E-state index contributed by atoms with van der Waals surface area (Å²) in [6, 6.07) is 2.15. The van der Waals surface area contributed by atoms with E-state index in [1.54, 1.807) is 0 Å². The van der Waals surface area contributed by atoms with Crippen molar-refractivity contribution in [2.75, 3.05) is 19.6 Å². The molecule has 0 aromatic heterocycles. The lowest BCUT2D eigenvalue weighted by atomic mass is 10.2. The Bertz CT molecular complexity index is 113. The SMILES string of the molecule is CCN(CC#N)CC(C)C. The zero-order chi connectivity index (χ0) is 7.98. The first-order valence-electron chi connectivity index (χ1n) is 3.80. The van der Waals surface area contributed by atoms with Gasteiger partial charge in [0.2, 0.25) is 0 Å². The van der Waals surface area contributed by atoms with Gasteiger partial charge in [-0.1, -0.05) is 20.8 Å². The van der Waals surface area contributed by atoms with Gasteiger partial charge in [0.15, 0.2) is 0 Å². The molecule has 10 heavy (non-hydrogen) atoms. The Morgan fingerprint density at radius 3 is 2.40 bits per heavy atom. The van der Waals surface area contributed by atoms with Gasteiger partial charge in [0.05, 0.1) is 12.6 Å². The molecule has 0 fully saturated rings. The van der Waals surface area contributed by atoms with Gasteiger partial charge < -0.3 is 0 Å². The fraction of sp³-hybridized carbons (Fsp3) is 0.875. The summed E-state index contributed by atoms with van der Waals surface area (Å²) in [5.41, 5.74) is 0. The van der Waals surface area contributed by atoms with E-state index in [1.165, 1.54) is 0 Å². The summed E-state index contributed by atoms with van der Waals surface area (Å²) in [5, 5.41) is 8.39. The Kier molecular flexibility index (Phi) is 4.96. The first-order valence-corrected chi connectivity index (χ1v) is 3.80. The summed E-state index contributed by atoms with van der Waals surface area (Å²) >= 11 is 0. The summed E-state index contributed by atoms with van der Waals surface area (Å²) in [5.74, 6) is 0.660. The maximum Gasteiger partial charge on any atom is 0.0865 e. The Balaban J connectivity index is 3.52. The van der Waals surface area contributed by atoms with Crippen molar-refractivity contribution in [3.05, 3.63) is 0 Å². The monoisotopic (exact) mass is 140 g/mol. The highest BCUT2D eigenvalue weighted by molar-refractivity contribution is 4.75. The third-order valence-electron chi connectivity index (χ3n) is 1.36. The van der Waals surface area contributed by atoms with Crippen LogP contribution in [0.5, 0.6) is 0 Å². The van der Waals surface area contributed by atoms with Crippen LogP contribution in [0.15, 0.2) is 0 Å². The minimum Gasteiger partial charge on any atom is -0.291 e. The Morgan fingerprint density at radius 1 is 1.50 bits per heavy atom. The van der Waals surface area contributed by atoms with E-state index in [1.807, 2.05) is 0 Å². The van der Waals surface area contributed by atoms with Gasteiger partial charge in [-0.15, -0.1) is 0 Å². The molecular weight excluding hydrogens is 124 g/mol. The minimum absolute atomic E-state index is 0.564. The molecule has 0 heterocycles. The molecule has 0 rings (SSSR count). The van der Waals surface area contributed by atoms with Crippen molar-refractivity contribution in [3.63, 3.8) is 0 Å². The molecule has 0 saturated carbocycles. The molecule has 0 aliphatic heterocycles. The van der Waals surface area contributed by atoms with Gasteiger partial charge in [0.1, 0.15) is 0 Å². The Labute approximate surface area is 63.4 Å². The normalized spacial score (nSPS) is 10.4. The third-order valence-corrected chi connectivity index (χ3v) is 1.36.